The van der Waals surface area contributed by atoms with Crippen LogP contribution in [-0.2, 0) is 9.53 Å². The number of methoxy groups -OCH3 is 1. The Labute approximate surface area is 77.2 Å². The summed E-state index contributed by atoms with van der Waals surface area (Å²) in [6.07, 6.45) is 2.87. The summed E-state index contributed by atoms with van der Waals surface area (Å²) < 4.78 is 4.50. The monoisotopic (exact) mass is 180 g/mol. The molecule has 4 nitrogen and oxygen atoms in total. The molecule has 1 fully saturated rings. The summed E-state index contributed by atoms with van der Waals surface area (Å²) in [6.45, 7) is 0.831. The highest BCUT2D eigenvalue weighted by Gasteiger charge is 2.17. The summed E-state index contributed by atoms with van der Waals surface area (Å²) in [6, 6.07) is 1.87. The number of nitriles is 1. The molecule has 0 aliphatic carbocycles. The van der Waals surface area contributed by atoms with Gasteiger partial charge < -0.3 is 10.1 Å². The van der Waals surface area contributed by atoms with E-state index >= 15 is 0 Å². The first kappa shape index (κ1) is 9.59. The van der Waals surface area contributed by atoms with Crippen LogP contribution in [0.25, 0.3) is 0 Å². The molecule has 0 atom stereocenters. The fraction of sp³-hybridized carbons (Fsp3) is 0.556. The minimum absolute atomic E-state index is 0.113. The smallest absolute Gasteiger partial charge is 0.350 e. The van der Waals surface area contributed by atoms with E-state index in [1.54, 1.807) is 0 Å². The largest absolute Gasteiger partial charge is 0.465 e. The summed E-state index contributed by atoms with van der Waals surface area (Å²) in [5, 5.41) is 11.8. The fourth-order valence-electron chi connectivity index (χ4n) is 1.31. The number of nitrogens with zero attached hydrogens (tertiary/aromatic N) is 1. The second kappa shape index (κ2) is 4.51. The molecule has 0 unspecified atom stereocenters. The molecule has 4 heteroatoms. The first-order chi connectivity index (χ1) is 6.29. The number of esters is 1. The Morgan fingerprint density at radius 3 is 2.85 bits per heavy atom. The molecular formula is C9H12N2O2. The number of carbonyl (C=O) groups excluding carboxylic acids is 1. The van der Waals surface area contributed by atoms with Crippen LogP contribution in [0.15, 0.2) is 11.3 Å². The Balaban J connectivity index is 2.84. The predicted octanol–water partition coefficient (Wildman–Crippen LogP) is 0.711. The van der Waals surface area contributed by atoms with E-state index < -0.39 is 5.97 Å². The second-order valence-corrected chi connectivity index (χ2v) is 2.84. The van der Waals surface area contributed by atoms with Crippen LogP contribution in [0, 0.1) is 11.3 Å². The number of ether oxygens (including phenoxy) is 1. The quantitative estimate of drug-likeness (QED) is 0.367. The van der Waals surface area contributed by atoms with Crippen LogP contribution in [0.4, 0.5) is 0 Å². The summed E-state index contributed by atoms with van der Waals surface area (Å²) >= 11 is 0. The normalized spacial score (nSPS) is 19.7. The number of nitrogens with one attached hydrogen (secondary N) is 1. The number of hydrogen-bond donors (Lipinski definition) is 1. The molecule has 0 aromatic heterocycles. The van der Waals surface area contributed by atoms with Gasteiger partial charge in [-0.15, -0.1) is 0 Å². The molecule has 1 N–H and O–H groups in total. The number of hydrogen-bond acceptors (Lipinski definition) is 4. The van der Waals surface area contributed by atoms with Crippen molar-refractivity contribution in [1.82, 2.24) is 5.32 Å². The lowest BCUT2D eigenvalue weighted by atomic mass is 10.1. The van der Waals surface area contributed by atoms with Crippen LogP contribution in [0.1, 0.15) is 19.3 Å². The van der Waals surface area contributed by atoms with Crippen molar-refractivity contribution >= 4 is 5.97 Å². The molecule has 1 saturated heterocycles. The predicted molar refractivity (Wildman–Crippen MR) is 46.5 cm³/mol. The van der Waals surface area contributed by atoms with Gasteiger partial charge in [-0.05, 0) is 19.3 Å². The van der Waals surface area contributed by atoms with E-state index in [0.29, 0.717) is 0 Å². The number of carbonyl (C=O) groups is 1. The first-order valence-electron chi connectivity index (χ1n) is 4.25. The second-order valence-electron chi connectivity index (χ2n) is 2.84. The van der Waals surface area contributed by atoms with Crippen molar-refractivity contribution in [3.05, 3.63) is 11.3 Å². The molecule has 0 amide bonds. The minimum Gasteiger partial charge on any atom is -0.465 e. The van der Waals surface area contributed by atoms with Crippen LogP contribution >= 0.6 is 0 Å². The zero-order chi connectivity index (χ0) is 9.68. The van der Waals surface area contributed by atoms with E-state index in [4.69, 9.17) is 5.26 Å². The topological polar surface area (TPSA) is 62.1 Å². The van der Waals surface area contributed by atoms with Gasteiger partial charge in [0.25, 0.3) is 0 Å². The van der Waals surface area contributed by atoms with Crippen molar-refractivity contribution in [2.75, 3.05) is 13.7 Å². The summed E-state index contributed by atoms with van der Waals surface area (Å²) in [7, 11) is 1.28. The first-order valence-corrected chi connectivity index (χ1v) is 4.25. The van der Waals surface area contributed by atoms with E-state index in [2.05, 4.69) is 10.1 Å². The number of allylic oxidation sites excluding steroid dienone is 1. The van der Waals surface area contributed by atoms with Gasteiger partial charge >= 0.3 is 5.97 Å². The van der Waals surface area contributed by atoms with Crippen LogP contribution < -0.4 is 5.32 Å². The highest BCUT2D eigenvalue weighted by molar-refractivity contribution is 5.93. The molecule has 70 valence electrons. The van der Waals surface area contributed by atoms with Gasteiger partial charge in [0.2, 0.25) is 0 Å². The number of rotatable bonds is 1. The third-order valence-electron chi connectivity index (χ3n) is 2.00. The van der Waals surface area contributed by atoms with Gasteiger partial charge in [-0.3, -0.25) is 0 Å². The molecule has 13 heavy (non-hydrogen) atoms. The van der Waals surface area contributed by atoms with Crippen molar-refractivity contribution in [2.24, 2.45) is 0 Å². The van der Waals surface area contributed by atoms with Crippen LogP contribution in [0.5, 0.6) is 0 Å². The molecule has 0 radical (unpaired) electrons. The average Bonchev–Trinajstić information content (AvgIpc) is 2.20. The lowest BCUT2D eigenvalue weighted by Crippen LogP contribution is -2.23. The van der Waals surface area contributed by atoms with Crippen molar-refractivity contribution in [3.8, 4) is 6.07 Å². The zero-order valence-corrected chi connectivity index (χ0v) is 7.59. The minimum atomic E-state index is -0.549. The summed E-state index contributed by atoms with van der Waals surface area (Å²) in [5.41, 5.74) is 0.836. The Kier molecular flexibility index (Phi) is 3.32. The van der Waals surface area contributed by atoms with Crippen molar-refractivity contribution in [3.63, 3.8) is 0 Å². The Bertz CT molecular complexity index is 268. The van der Waals surface area contributed by atoms with Crippen molar-refractivity contribution < 1.29 is 9.53 Å². The van der Waals surface area contributed by atoms with Gasteiger partial charge in [-0.1, -0.05) is 0 Å². The van der Waals surface area contributed by atoms with E-state index in [0.717, 1.165) is 31.5 Å². The molecule has 1 aliphatic rings. The van der Waals surface area contributed by atoms with E-state index in [9.17, 15) is 4.79 Å². The molecule has 1 aliphatic heterocycles. The molecule has 1 rings (SSSR count). The maximum Gasteiger partial charge on any atom is 0.350 e. The standard InChI is InChI=1S/C9H12N2O2/c1-13-9(12)7(6-10)8-4-2-3-5-11-8/h11H,2-5H2,1H3/b8-7+. The molecule has 0 saturated carbocycles. The van der Waals surface area contributed by atoms with Crippen LogP contribution in [0.3, 0.4) is 0 Å². The summed E-state index contributed by atoms with van der Waals surface area (Å²) in [5.74, 6) is -0.549. The van der Waals surface area contributed by atoms with Crippen molar-refractivity contribution in [2.45, 2.75) is 19.3 Å². The SMILES string of the molecule is COC(=O)/C(C#N)=C1\CCCCN1. The maximum absolute atomic E-state index is 11.1. The summed E-state index contributed by atoms with van der Waals surface area (Å²) in [4.78, 5) is 11.1. The van der Waals surface area contributed by atoms with E-state index in [-0.39, 0.29) is 5.57 Å². The zero-order valence-electron chi connectivity index (χ0n) is 7.59. The fourth-order valence-corrected chi connectivity index (χ4v) is 1.31. The van der Waals surface area contributed by atoms with E-state index in [1.165, 1.54) is 7.11 Å². The highest BCUT2D eigenvalue weighted by Crippen LogP contribution is 2.14. The third-order valence-corrected chi connectivity index (χ3v) is 2.00. The van der Waals surface area contributed by atoms with Crippen molar-refractivity contribution in [1.29, 1.82) is 5.26 Å². The van der Waals surface area contributed by atoms with Gasteiger partial charge in [0.1, 0.15) is 6.07 Å². The van der Waals surface area contributed by atoms with Gasteiger partial charge in [0, 0.05) is 12.2 Å². The molecule has 0 aromatic rings. The molecule has 1 heterocycles. The van der Waals surface area contributed by atoms with Gasteiger partial charge in [-0.2, -0.15) is 5.26 Å². The average molecular weight is 180 g/mol. The molecule has 0 aromatic carbocycles. The van der Waals surface area contributed by atoms with Gasteiger partial charge in [-0.25, -0.2) is 4.79 Å². The Morgan fingerprint density at radius 1 is 1.62 bits per heavy atom. The molecule has 0 spiro atoms. The number of piperidine rings is 1. The van der Waals surface area contributed by atoms with Crippen LogP contribution in [0.2, 0.25) is 0 Å². The van der Waals surface area contributed by atoms with E-state index in [1.807, 2.05) is 6.07 Å². The Morgan fingerprint density at radius 2 is 2.38 bits per heavy atom. The highest BCUT2D eigenvalue weighted by atomic mass is 16.5. The lowest BCUT2D eigenvalue weighted by molar-refractivity contribution is -0.135. The van der Waals surface area contributed by atoms with Gasteiger partial charge in [0.15, 0.2) is 5.57 Å². The molecule has 0 bridgehead atoms. The van der Waals surface area contributed by atoms with Crippen LogP contribution in [-0.4, -0.2) is 19.6 Å². The Hall–Kier alpha value is -1.50. The lowest BCUT2D eigenvalue weighted by Gasteiger charge is -2.17. The maximum atomic E-state index is 11.1. The molecular weight excluding hydrogens is 168 g/mol. The van der Waals surface area contributed by atoms with Gasteiger partial charge in [0.05, 0.1) is 7.11 Å². The third kappa shape index (κ3) is 2.22.